The van der Waals surface area contributed by atoms with Crippen LogP contribution in [0.25, 0.3) is 0 Å². The Labute approximate surface area is 220 Å². The molecule has 2 aromatic carbocycles. The van der Waals surface area contributed by atoms with E-state index in [2.05, 4.69) is 30.8 Å². The normalized spacial score (nSPS) is 16.9. The number of carbonyl (C=O) groups is 1. The molecule has 192 valence electrons. The molecule has 0 fully saturated rings. The monoisotopic (exact) mass is 574 g/mol. The summed E-state index contributed by atoms with van der Waals surface area (Å²) in [6, 6.07) is 15.5. The van der Waals surface area contributed by atoms with E-state index in [0.29, 0.717) is 19.5 Å². The highest BCUT2D eigenvalue weighted by Gasteiger charge is 2.34. The molecule has 0 amide bonds. The first-order chi connectivity index (χ1) is 16.9. The number of hydrogen-bond acceptors (Lipinski definition) is 6. The van der Waals surface area contributed by atoms with E-state index < -0.39 is 21.6 Å². The minimum atomic E-state index is -3.48. The van der Waals surface area contributed by atoms with E-state index in [4.69, 9.17) is 4.74 Å². The number of rotatable bonds is 6. The average Bonchev–Trinajstić information content (AvgIpc) is 3.18. The molecule has 0 spiro atoms. The lowest BCUT2D eigenvalue weighted by Crippen LogP contribution is -2.45. The van der Waals surface area contributed by atoms with Gasteiger partial charge < -0.3 is 14.6 Å². The topological polar surface area (TPSA) is 95.6 Å². The zero-order chi connectivity index (χ0) is 26.1. The molecule has 1 aliphatic rings. The van der Waals surface area contributed by atoms with Gasteiger partial charge in [0, 0.05) is 29.3 Å². The first-order valence-electron chi connectivity index (χ1n) is 11.7. The third-order valence-electron chi connectivity index (χ3n) is 5.87. The summed E-state index contributed by atoms with van der Waals surface area (Å²) in [6.45, 7) is 6.59. The van der Waals surface area contributed by atoms with Gasteiger partial charge in [-0.2, -0.15) is 4.31 Å². The molecule has 0 aliphatic carbocycles. The number of hydrogen-bond donors (Lipinski definition) is 1. The van der Waals surface area contributed by atoms with Crippen LogP contribution in [-0.4, -0.2) is 53.1 Å². The third-order valence-corrected chi connectivity index (χ3v) is 7.64. The molecule has 2 heterocycles. The highest BCUT2D eigenvalue weighted by atomic mass is 79.9. The van der Waals surface area contributed by atoms with Gasteiger partial charge in [0.1, 0.15) is 5.60 Å². The predicted octanol–water partition coefficient (Wildman–Crippen LogP) is 4.52. The van der Waals surface area contributed by atoms with Crippen molar-refractivity contribution in [1.82, 2.24) is 14.3 Å². The van der Waals surface area contributed by atoms with Crippen LogP contribution in [0, 0.1) is 0 Å². The SMILES string of the molecule is CC(C)(C)OC(=O)c1ncc(CN2C[C@@H](Cc3ccccc3)N(S(C)(=O)=O)Cc3cc(Br)ccc32)[nH]1. The molecule has 1 aromatic heterocycles. The number of esters is 1. The van der Waals surface area contributed by atoms with Crippen LogP contribution < -0.4 is 4.90 Å². The molecule has 1 atom stereocenters. The molecule has 0 saturated heterocycles. The number of fused-ring (bicyclic) bond motifs is 1. The lowest BCUT2D eigenvalue weighted by atomic mass is 10.1. The molecular formula is C26H31BrN4O4S. The molecule has 10 heteroatoms. The minimum Gasteiger partial charge on any atom is -0.454 e. The molecule has 1 aliphatic heterocycles. The molecule has 0 radical (unpaired) electrons. The minimum absolute atomic E-state index is 0.143. The van der Waals surface area contributed by atoms with Crippen LogP contribution >= 0.6 is 15.9 Å². The Hall–Kier alpha value is -2.69. The Morgan fingerprint density at radius 1 is 1.19 bits per heavy atom. The molecule has 0 unspecified atom stereocenters. The number of benzene rings is 2. The lowest BCUT2D eigenvalue weighted by Gasteiger charge is -2.31. The van der Waals surface area contributed by atoms with E-state index in [0.717, 1.165) is 27.0 Å². The summed E-state index contributed by atoms with van der Waals surface area (Å²) in [4.78, 5) is 21.9. The number of aromatic amines is 1. The summed E-state index contributed by atoms with van der Waals surface area (Å²) in [5.74, 6) is -0.372. The Morgan fingerprint density at radius 3 is 2.58 bits per heavy atom. The number of carbonyl (C=O) groups excluding carboxylic acids is 1. The van der Waals surface area contributed by atoms with Crippen molar-refractivity contribution in [3.63, 3.8) is 0 Å². The first-order valence-corrected chi connectivity index (χ1v) is 14.3. The van der Waals surface area contributed by atoms with Gasteiger partial charge in [-0.3, -0.25) is 0 Å². The fourth-order valence-corrected chi connectivity index (χ4v) is 5.86. The fourth-order valence-electron chi connectivity index (χ4n) is 4.40. The van der Waals surface area contributed by atoms with Crippen LogP contribution in [0.15, 0.2) is 59.2 Å². The smallest absolute Gasteiger partial charge is 0.374 e. The van der Waals surface area contributed by atoms with E-state index in [9.17, 15) is 13.2 Å². The van der Waals surface area contributed by atoms with E-state index in [1.807, 2.05) is 48.5 Å². The molecular weight excluding hydrogens is 544 g/mol. The van der Waals surface area contributed by atoms with Crippen molar-refractivity contribution in [1.29, 1.82) is 0 Å². The second-order valence-electron chi connectivity index (χ2n) is 10.1. The van der Waals surface area contributed by atoms with Crippen LogP contribution in [0.4, 0.5) is 5.69 Å². The van der Waals surface area contributed by atoms with E-state index in [1.54, 1.807) is 31.3 Å². The van der Waals surface area contributed by atoms with E-state index >= 15 is 0 Å². The van der Waals surface area contributed by atoms with Gasteiger partial charge in [-0.15, -0.1) is 0 Å². The predicted molar refractivity (Wildman–Crippen MR) is 143 cm³/mol. The standard InChI is InChI=1S/C26H31BrN4O4S/c1-26(2,3)35-25(32)24-28-14-21(29-24)16-30-17-22(12-18-8-6-5-7-9-18)31(36(4,33)34)15-19-13-20(27)10-11-23(19)30/h5-11,13-14,22H,12,15-17H2,1-4H3,(H,28,29)/t22-/m1/s1. The zero-order valence-corrected chi connectivity index (χ0v) is 23.3. The van der Waals surface area contributed by atoms with Crippen LogP contribution in [0.5, 0.6) is 0 Å². The van der Waals surface area contributed by atoms with Crippen molar-refractivity contribution < 1.29 is 17.9 Å². The number of imidazole rings is 1. The molecule has 1 N–H and O–H groups in total. The van der Waals surface area contributed by atoms with Crippen molar-refractivity contribution in [2.75, 3.05) is 17.7 Å². The summed E-state index contributed by atoms with van der Waals surface area (Å²) in [7, 11) is -3.48. The van der Waals surface area contributed by atoms with Crippen molar-refractivity contribution in [3.05, 3.63) is 81.8 Å². The van der Waals surface area contributed by atoms with Crippen LogP contribution in [-0.2, 0) is 34.3 Å². The summed E-state index contributed by atoms with van der Waals surface area (Å²) < 4.78 is 33.7. The summed E-state index contributed by atoms with van der Waals surface area (Å²) in [5, 5.41) is 0. The number of halogens is 1. The largest absolute Gasteiger partial charge is 0.454 e. The number of nitrogens with one attached hydrogen (secondary N) is 1. The number of nitrogens with zero attached hydrogens (tertiary/aromatic N) is 3. The van der Waals surface area contributed by atoms with Crippen molar-refractivity contribution in [3.8, 4) is 0 Å². The zero-order valence-electron chi connectivity index (χ0n) is 20.9. The average molecular weight is 576 g/mol. The first kappa shape index (κ1) is 26.4. The molecule has 8 nitrogen and oxygen atoms in total. The molecule has 3 aromatic rings. The Bertz CT molecular complexity index is 1340. The third kappa shape index (κ3) is 6.54. The summed E-state index contributed by atoms with van der Waals surface area (Å²) in [5.41, 5.74) is 3.02. The van der Waals surface area contributed by atoms with Gasteiger partial charge in [-0.1, -0.05) is 46.3 Å². The Balaban J connectivity index is 1.68. The highest BCUT2D eigenvalue weighted by molar-refractivity contribution is 9.10. The maximum absolute atomic E-state index is 12.9. The van der Waals surface area contributed by atoms with Crippen molar-refractivity contribution >= 4 is 37.6 Å². The van der Waals surface area contributed by atoms with Gasteiger partial charge in [0.05, 0.1) is 24.7 Å². The molecule has 4 rings (SSSR count). The van der Waals surface area contributed by atoms with Crippen LogP contribution in [0.3, 0.4) is 0 Å². The number of H-pyrrole nitrogens is 1. The van der Waals surface area contributed by atoms with Crippen molar-refractivity contribution in [2.24, 2.45) is 0 Å². The Morgan fingerprint density at radius 2 is 1.92 bits per heavy atom. The van der Waals surface area contributed by atoms with Crippen molar-refractivity contribution in [2.45, 2.75) is 51.9 Å². The fraction of sp³-hybridized carbons (Fsp3) is 0.385. The number of sulfonamides is 1. The summed E-state index contributed by atoms with van der Waals surface area (Å²) in [6.07, 6.45) is 3.47. The quantitative estimate of drug-likeness (QED) is 0.435. The van der Waals surface area contributed by atoms with Gasteiger partial charge in [0.2, 0.25) is 15.8 Å². The molecule has 0 bridgehead atoms. The highest BCUT2D eigenvalue weighted by Crippen LogP contribution is 2.33. The maximum Gasteiger partial charge on any atom is 0.374 e. The summed E-state index contributed by atoms with van der Waals surface area (Å²) >= 11 is 3.53. The number of aromatic nitrogens is 2. The van der Waals surface area contributed by atoms with Gasteiger partial charge in [0.25, 0.3) is 0 Å². The van der Waals surface area contributed by atoms with E-state index in [1.165, 1.54) is 6.26 Å². The van der Waals surface area contributed by atoms with Gasteiger partial charge >= 0.3 is 5.97 Å². The van der Waals surface area contributed by atoms with Gasteiger partial charge in [0.15, 0.2) is 0 Å². The van der Waals surface area contributed by atoms with Gasteiger partial charge in [-0.05, 0) is 56.5 Å². The molecule has 36 heavy (non-hydrogen) atoms. The second-order valence-corrected chi connectivity index (χ2v) is 12.9. The lowest BCUT2D eigenvalue weighted by molar-refractivity contribution is 0.00566. The van der Waals surface area contributed by atoms with Crippen LogP contribution in [0.2, 0.25) is 0 Å². The number of anilines is 1. The van der Waals surface area contributed by atoms with Gasteiger partial charge in [-0.25, -0.2) is 18.2 Å². The van der Waals surface area contributed by atoms with E-state index in [-0.39, 0.29) is 18.4 Å². The maximum atomic E-state index is 12.9. The second kappa shape index (κ2) is 10.4. The number of ether oxygens (including phenoxy) is 1. The Kier molecular flexibility index (Phi) is 7.59. The van der Waals surface area contributed by atoms with Crippen LogP contribution in [0.1, 0.15) is 48.2 Å². The molecule has 0 saturated carbocycles.